The fourth-order valence-corrected chi connectivity index (χ4v) is 3.56. The summed E-state index contributed by atoms with van der Waals surface area (Å²) in [5.74, 6) is 0.853. The Bertz CT molecular complexity index is 766. The molecule has 0 aliphatic carbocycles. The van der Waals surface area contributed by atoms with Crippen molar-refractivity contribution in [2.24, 2.45) is 5.73 Å². The lowest BCUT2D eigenvalue weighted by molar-refractivity contribution is 0.414. The van der Waals surface area contributed by atoms with Crippen LogP contribution in [0.15, 0.2) is 65.0 Å². The third-order valence-corrected chi connectivity index (χ3v) is 4.84. The first-order valence-corrected chi connectivity index (χ1v) is 8.36. The molecule has 6 heteroatoms. The summed E-state index contributed by atoms with van der Waals surface area (Å²) in [6.45, 7) is 0. The Balaban J connectivity index is 1.65. The maximum atomic E-state index is 5.90. The number of hydrogen-bond acceptors (Lipinski definition) is 6. The van der Waals surface area contributed by atoms with Gasteiger partial charge >= 0.3 is 0 Å². The summed E-state index contributed by atoms with van der Waals surface area (Å²) in [7, 11) is 1.68. The van der Waals surface area contributed by atoms with E-state index in [-0.39, 0.29) is 11.7 Å². The van der Waals surface area contributed by atoms with Crippen LogP contribution in [-0.4, -0.2) is 18.8 Å². The van der Waals surface area contributed by atoms with Gasteiger partial charge < -0.3 is 26.4 Å². The first kappa shape index (κ1) is 14.3. The lowest BCUT2D eigenvalue weighted by atomic mass is 9.96. The minimum absolute atomic E-state index is 0.0736. The highest BCUT2D eigenvalue weighted by atomic mass is 32.2. The van der Waals surface area contributed by atoms with E-state index < -0.39 is 0 Å². The molecule has 0 bridgehead atoms. The van der Waals surface area contributed by atoms with Gasteiger partial charge in [0, 0.05) is 23.5 Å². The van der Waals surface area contributed by atoms with Gasteiger partial charge in [0.15, 0.2) is 0 Å². The molecule has 3 aliphatic rings. The maximum absolute atomic E-state index is 5.90. The van der Waals surface area contributed by atoms with Gasteiger partial charge in [0.1, 0.15) is 17.4 Å². The van der Waals surface area contributed by atoms with Crippen LogP contribution in [0.3, 0.4) is 0 Å². The highest BCUT2D eigenvalue weighted by Crippen LogP contribution is 2.34. The van der Waals surface area contributed by atoms with Gasteiger partial charge in [-0.25, -0.2) is 0 Å². The van der Waals surface area contributed by atoms with E-state index in [1.54, 1.807) is 18.9 Å². The van der Waals surface area contributed by atoms with Crippen LogP contribution in [0.2, 0.25) is 0 Å². The number of methoxy groups -OCH3 is 1. The van der Waals surface area contributed by atoms with Crippen molar-refractivity contribution in [3.63, 3.8) is 0 Å². The average Bonchev–Trinajstić information content (AvgIpc) is 3.20. The monoisotopic (exact) mass is 326 g/mol. The van der Waals surface area contributed by atoms with Crippen LogP contribution in [-0.2, 0) is 0 Å². The maximum Gasteiger partial charge on any atom is 0.127 e. The standard InChI is InChI=1S/C17H18N4OS/c1-22-12-4-2-3-10(5-12)11-6-13-14(8-20-16(13)19-7-11)15-9-23-17(18)21-15/h2-9,16-17,19-21H,18H2,1H3. The van der Waals surface area contributed by atoms with Crippen molar-refractivity contribution >= 4 is 17.3 Å². The van der Waals surface area contributed by atoms with E-state index in [2.05, 4.69) is 33.5 Å². The van der Waals surface area contributed by atoms with E-state index in [1.165, 1.54) is 5.57 Å². The van der Waals surface area contributed by atoms with E-state index in [1.807, 2.05) is 30.6 Å². The van der Waals surface area contributed by atoms with Crippen molar-refractivity contribution in [3.05, 3.63) is 70.6 Å². The summed E-state index contributed by atoms with van der Waals surface area (Å²) in [5, 5.41) is 12.1. The molecule has 3 aliphatic heterocycles. The van der Waals surface area contributed by atoms with E-state index in [0.29, 0.717) is 0 Å². The first-order chi connectivity index (χ1) is 11.2. The molecule has 1 aromatic carbocycles. The molecule has 4 rings (SSSR count). The third kappa shape index (κ3) is 2.60. The van der Waals surface area contributed by atoms with Gasteiger partial charge in [0.2, 0.25) is 0 Å². The van der Waals surface area contributed by atoms with Crippen LogP contribution in [0, 0.1) is 0 Å². The van der Waals surface area contributed by atoms with Crippen LogP contribution in [0.25, 0.3) is 5.57 Å². The van der Waals surface area contributed by atoms with Crippen molar-refractivity contribution in [1.29, 1.82) is 0 Å². The van der Waals surface area contributed by atoms with Gasteiger partial charge in [-0.1, -0.05) is 23.9 Å². The second-order valence-electron chi connectivity index (χ2n) is 5.49. The highest BCUT2D eigenvalue weighted by Gasteiger charge is 2.29. The molecule has 1 aromatic rings. The van der Waals surface area contributed by atoms with Gasteiger partial charge in [-0.05, 0) is 34.8 Å². The van der Waals surface area contributed by atoms with Crippen LogP contribution in [0.4, 0.5) is 0 Å². The molecule has 0 saturated heterocycles. The predicted molar refractivity (Wildman–Crippen MR) is 94.0 cm³/mol. The zero-order valence-electron chi connectivity index (χ0n) is 12.7. The molecule has 0 fully saturated rings. The number of nitrogens with two attached hydrogens (primary N) is 1. The Morgan fingerprint density at radius 3 is 2.87 bits per heavy atom. The number of ether oxygens (including phenoxy) is 1. The normalized spacial score (nSPS) is 25.1. The highest BCUT2D eigenvalue weighted by molar-refractivity contribution is 8.02. The zero-order chi connectivity index (χ0) is 15.8. The summed E-state index contributed by atoms with van der Waals surface area (Å²) in [4.78, 5) is 0. The summed E-state index contributed by atoms with van der Waals surface area (Å²) in [6, 6.07) is 8.07. The van der Waals surface area contributed by atoms with Gasteiger partial charge in [-0.2, -0.15) is 0 Å². The summed E-state index contributed by atoms with van der Waals surface area (Å²) in [5.41, 5.74) is 11.5. The second kappa shape index (κ2) is 5.72. The molecular formula is C17H18N4OS. The van der Waals surface area contributed by atoms with Crippen LogP contribution in [0.1, 0.15) is 5.56 Å². The Hall–Kier alpha value is -2.31. The SMILES string of the molecule is COc1cccc(C2=CNC3NC=C(C4=CSC(N)N4)C3=C2)c1. The number of rotatable bonds is 3. The Morgan fingerprint density at radius 2 is 2.09 bits per heavy atom. The fourth-order valence-electron chi connectivity index (χ4n) is 2.88. The topological polar surface area (TPSA) is 71.3 Å². The second-order valence-corrected chi connectivity index (χ2v) is 6.50. The van der Waals surface area contributed by atoms with Gasteiger partial charge in [-0.15, -0.1) is 0 Å². The minimum atomic E-state index is -0.0736. The lowest BCUT2D eigenvalue weighted by Gasteiger charge is -2.22. The lowest BCUT2D eigenvalue weighted by Crippen LogP contribution is -2.37. The average molecular weight is 326 g/mol. The molecule has 0 saturated carbocycles. The summed E-state index contributed by atoms with van der Waals surface area (Å²) >= 11 is 1.59. The smallest absolute Gasteiger partial charge is 0.127 e. The number of dihydropyridines is 1. The number of fused-ring (bicyclic) bond motifs is 1. The summed E-state index contributed by atoms with van der Waals surface area (Å²) < 4.78 is 5.32. The van der Waals surface area contributed by atoms with Crippen molar-refractivity contribution in [1.82, 2.24) is 16.0 Å². The molecular weight excluding hydrogens is 308 g/mol. The molecule has 2 unspecified atom stereocenters. The van der Waals surface area contributed by atoms with Crippen molar-refractivity contribution in [2.75, 3.05) is 7.11 Å². The first-order valence-electron chi connectivity index (χ1n) is 7.41. The number of benzene rings is 1. The minimum Gasteiger partial charge on any atom is -0.497 e. The van der Waals surface area contributed by atoms with Crippen molar-refractivity contribution in [2.45, 2.75) is 11.7 Å². The Morgan fingerprint density at radius 1 is 1.22 bits per heavy atom. The Labute approximate surface area is 139 Å². The molecule has 2 atom stereocenters. The number of nitrogens with one attached hydrogen (secondary N) is 3. The van der Waals surface area contributed by atoms with E-state index in [0.717, 1.165) is 28.2 Å². The van der Waals surface area contributed by atoms with Gasteiger partial charge in [0.25, 0.3) is 0 Å². The molecule has 0 radical (unpaired) electrons. The van der Waals surface area contributed by atoms with E-state index >= 15 is 0 Å². The molecule has 0 amide bonds. The van der Waals surface area contributed by atoms with Crippen LogP contribution in [0.5, 0.6) is 5.75 Å². The number of allylic oxidation sites excluding steroid dienone is 3. The van der Waals surface area contributed by atoms with Crippen LogP contribution >= 0.6 is 11.8 Å². The van der Waals surface area contributed by atoms with Crippen molar-refractivity contribution < 1.29 is 4.74 Å². The molecule has 5 N–H and O–H groups in total. The molecule has 0 spiro atoms. The van der Waals surface area contributed by atoms with E-state index in [4.69, 9.17) is 10.5 Å². The molecule has 23 heavy (non-hydrogen) atoms. The number of hydrogen-bond donors (Lipinski definition) is 4. The Kier molecular flexibility index (Phi) is 3.55. The third-order valence-electron chi connectivity index (χ3n) is 4.06. The van der Waals surface area contributed by atoms with E-state index in [9.17, 15) is 0 Å². The van der Waals surface area contributed by atoms with Gasteiger partial charge in [0.05, 0.1) is 12.8 Å². The van der Waals surface area contributed by atoms with Gasteiger partial charge in [-0.3, -0.25) is 0 Å². The fraction of sp³-hybridized carbons (Fsp3) is 0.176. The molecule has 3 heterocycles. The van der Waals surface area contributed by atoms with Crippen molar-refractivity contribution in [3.8, 4) is 5.75 Å². The quantitative estimate of drug-likeness (QED) is 0.679. The zero-order valence-corrected chi connectivity index (χ0v) is 13.5. The molecule has 5 nitrogen and oxygen atoms in total. The summed E-state index contributed by atoms with van der Waals surface area (Å²) in [6.07, 6.45) is 6.37. The largest absolute Gasteiger partial charge is 0.497 e. The predicted octanol–water partition coefficient (Wildman–Crippen LogP) is 1.80. The molecule has 118 valence electrons. The molecule has 0 aromatic heterocycles. The van der Waals surface area contributed by atoms with Crippen LogP contribution < -0.4 is 26.4 Å². The number of thioether (sulfide) groups is 1.